The van der Waals surface area contributed by atoms with Gasteiger partial charge in [-0.25, -0.2) is 9.78 Å². The van der Waals surface area contributed by atoms with Crippen molar-refractivity contribution in [2.24, 2.45) is 0 Å². The number of aromatic nitrogens is 1. The molecule has 5 heteroatoms. The summed E-state index contributed by atoms with van der Waals surface area (Å²) in [5, 5.41) is 16.9. The molecule has 1 heterocycles. The quantitative estimate of drug-likeness (QED) is 0.739. The van der Waals surface area contributed by atoms with E-state index in [2.05, 4.69) is 11.1 Å². The Morgan fingerprint density at radius 2 is 2.31 bits per heavy atom. The number of rotatable bonds is 6. The number of hydrogen-bond acceptors (Lipinski definition) is 4. The Hall–Kier alpha value is -2.09. The summed E-state index contributed by atoms with van der Waals surface area (Å²) < 4.78 is 5.32. The smallest absolute Gasteiger partial charge is 0.354 e. The Kier molecular flexibility index (Phi) is 4.80. The van der Waals surface area contributed by atoms with E-state index in [1.807, 2.05) is 0 Å². The second-order valence-corrected chi connectivity index (χ2v) is 3.15. The second kappa shape index (κ2) is 6.40. The van der Waals surface area contributed by atoms with Crippen molar-refractivity contribution in [1.29, 1.82) is 5.26 Å². The van der Waals surface area contributed by atoms with Crippen molar-refractivity contribution in [1.82, 2.24) is 4.98 Å². The lowest BCUT2D eigenvalue weighted by Gasteiger charge is -2.04. The highest BCUT2D eigenvalue weighted by Gasteiger charge is 2.03. The summed E-state index contributed by atoms with van der Waals surface area (Å²) in [5.41, 5.74) is -0.00293. The van der Waals surface area contributed by atoms with E-state index in [1.165, 1.54) is 12.3 Å². The van der Waals surface area contributed by atoms with Crippen LogP contribution in [0.5, 0.6) is 5.75 Å². The third kappa shape index (κ3) is 3.96. The highest BCUT2D eigenvalue weighted by Crippen LogP contribution is 2.09. The molecule has 0 unspecified atom stereocenters. The number of hydrogen-bond donors (Lipinski definition) is 1. The Morgan fingerprint density at radius 3 is 2.88 bits per heavy atom. The molecule has 84 valence electrons. The highest BCUT2D eigenvalue weighted by molar-refractivity contribution is 5.85. The molecule has 0 aromatic carbocycles. The molecule has 5 nitrogen and oxygen atoms in total. The maximum absolute atomic E-state index is 10.5. The number of carbonyl (C=O) groups is 1. The first-order valence-corrected chi connectivity index (χ1v) is 4.93. The van der Waals surface area contributed by atoms with Crippen molar-refractivity contribution in [3.63, 3.8) is 0 Å². The molecule has 1 N–H and O–H groups in total. The Bertz CT molecular complexity index is 381. The van der Waals surface area contributed by atoms with E-state index in [9.17, 15) is 4.79 Å². The van der Waals surface area contributed by atoms with Crippen molar-refractivity contribution < 1.29 is 14.6 Å². The number of carboxylic acid groups (broad SMARTS) is 1. The SMILES string of the molecule is N#CCCCCOc1ccc(C(=O)O)nc1. The third-order valence-electron chi connectivity index (χ3n) is 1.91. The first-order valence-electron chi connectivity index (χ1n) is 4.93. The molecule has 0 fully saturated rings. The fourth-order valence-corrected chi connectivity index (χ4v) is 1.09. The van der Waals surface area contributed by atoms with E-state index in [4.69, 9.17) is 15.1 Å². The molecule has 0 radical (unpaired) electrons. The average Bonchev–Trinajstić information content (AvgIpc) is 2.29. The fraction of sp³-hybridized carbons (Fsp3) is 0.364. The molecule has 0 aliphatic rings. The lowest BCUT2D eigenvalue weighted by atomic mass is 10.2. The Morgan fingerprint density at radius 1 is 1.50 bits per heavy atom. The molecule has 16 heavy (non-hydrogen) atoms. The molecule has 0 atom stereocenters. The molecule has 0 aliphatic heterocycles. The van der Waals surface area contributed by atoms with Crippen LogP contribution in [0.1, 0.15) is 29.8 Å². The minimum atomic E-state index is -1.06. The summed E-state index contributed by atoms with van der Waals surface area (Å²) in [6.07, 6.45) is 3.51. The molecule has 1 aromatic heterocycles. The maximum atomic E-state index is 10.5. The molecular weight excluding hydrogens is 208 g/mol. The number of ether oxygens (including phenoxy) is 1. The predicted molar refractivity (Wildman–Crippen MR) is 56.2 cm³/mol. The number of nitriles is 1. The second-order valence-electron chi connectivity index (χ2n) is 3.15. The van der Waals surface area contributed by atoms with Crippen LogP contribution in [0, 0.1) is 11.3 Å². The van der Waals surface area contributed by atoms with Crippen LogP contribution in [-0.4, -0.2) is 22.7 Å². The zero-order chi connectivity index (χ0) is 11.8. The molecule has 0 saturated carbocycles. The number of unbranched alkanes of at least 4 members (excludes halogenated alkanes) is 2. The Balaban J connectivity index is 2.33. The van der Waals surface area contributed by atoms with Gasteiger partial charge in [-0.2, -0.15) is 5.26 Å². The largest absolute Gasteiger partial charge is 0.492 e. The minimum Gasteiger partial charge on any atom is -0.492 e. The average molecular weight is 220 g/mol. The molecule has 0 amide bonds. The summed E-state index contributed by atoms with van der Waals surface area (Å²) in [4.78, 5) is 14.2. The zero-order valence-electron chi connectivity index (χ0n) is 8.72. The van der Waals surface area contributed by atoms with E-state index >= 15 is 0 Å². The zero-order valence-corrected chi connectivity index (χ0v) is 8.72. The molecule has 1 aromatic rings. The first kappa shape index (κ1) is 12.0. The van der Waals surface area contributed by atoms with Crippen LogP contribution in [0.4, 0.5) is 0 Å². The van der Waals surface area contributed by atoms with Crippen molar-refractivity contribution in [2.45, 2.75) is 19.3 Å². The van der Waals surface area contributed by atoms with Gasteiger partial charge in [-0.15, -0.1) is 0 Å². The highest BCUT2D eigenvalue weighted by atomic mass is 16.5. The molecule has 1 rings (SSSR count). The number of nitrogens with zero attached hydrogens (tertiary/aromatic N) is 2. The van der Waals surface area contributed by atoms with E-state index < -0.39 is 5.97 Å². The topological polar surface area (TPSA) is 83.2 Å². The van der Waals surface area contributed by atoms with E-state index in [1.54, 1.807) is 6.07 Å². The van der Waals surface area contributed by atoms with Gasteiger partial charge in [0.15, 0.2) is 0 Å². The number of pyridine rings is 1. The summed E-state index contributed by atoms with van der Waals surface area (Å²) in [6.45, 7) is 0.510. The van der Waals surface area contributed by atoms with Gasteiger partial charge in [-0.05, 0) is 25.0 Å². The van der Waals surface area contributed by atoms with Crippen molar-refractivity contribution in [3.05, 3.63) is 24.0 Å². The van der Waals surface area contributed by atoms with Gasteiger partial charge in [-0.3, -0.25) is 0 Å². The van der Waals surface area contributed by atoms with Gasteiger partial charge in [0.2, 0.25) is 0 Å². The third-order valence-corrected chi connectivity index (χ3v) is 1.91. The van der Waals surface area contributed by atoms with E-state index in [-0.39, 0.29) is 5.69 Å². The van der Waals surface area contributed by atoms with Crippen LogP contribution in [0.25, 0.3) is 0 Å². The number of carboxylic acids is 1. The standard InChI is InChI=1S/C11H12N2O3/c12-6-2-1-3-7-16-9-4-5-10(11(14)15)13-8-9/h4-5,8H,1-3,7H2,(H,14,15). The molecule has 0 saturated heterocycles. The van der Waals surface area contributed by atoms with Crippen LogP contribution < -0.4 is 4.74 Å². The van der Waals surface area contributed by atoms with Crippen LogP contribution in [0.15, 0.2) is 18.3 Å². The van der Waals surface area contributed by atoms with Crippen molar-refractivity contribution in [2.75, 3.05) is 6.61 Å². The van der Waals surface area contributed by atoms with Crippen LogP contribution in [-0.2, 0) is 0 Å². The molecule has 0 aliphatic carbocycles. The van der Waals surface area contributed by atoms with E-state index in [0.717, 1.165) is 12.8 Å². The van der Waals surface area contributed by atoms with Gasteiger partial charge in [0, 0.05) is 6.42 Å². The van der Waals surface area contributed by atoms with Gasteiger partial charge < -0.3 is 9.84 Å². The first-order chi connectivity index (χ1) is 7.74. The summed E-state index contributed by atoms with van der Waals surface area (Å²) in [6, 6.07) is 5.02. The van der Waals surface area contributed by atoms with Gasteiger partial charge >= 0.3 is 5.97 Å². The van der Waals surface area contributed by atoms with Gasteiger partial charge in [0.25, 0.3) is 0 Å². The van der Waals surface area contributed by atoms with E-state index in [0.29, 0.717) is 18.8 Å². The van der Waals surface area contributed by atoms with Crippen LogP contribution in [0.2, 0.25) is 0 Å². The predicted octanol–water partition coefficient (Wildman–Crippen LogP) is 1.85. The van der Waals surface area contributed by atoms with Crippen molar-refractivity contribution in [3.8, 4) is 11.8 Å². The lowest BCUT2D eigenvalue weighted by Crippen LogP contribution is -2.01. The lowest BCUT2D eigenvalue weighted by molar-refractivity contribution is 0.0690. The summed E-state index contributed by atoms with van der Waals surface area (Å²) in [7, 11) is 0. The molecule has 0 spiro atoms. The fourth-order valence-electron chi connectivity index (χ4n) is 1.09. The minimum absolute atomic E-state index is 0.00293. The molecule has 0 bridgehead atoms. The maximum Gasteiger partial charge on any atom is 0.354 e. The van der Waals surface area contributed by atoms with Crippen LogP contribution >= 0.6 is 0 Å². The van der Waals surface area contributed by atoms with Gasteiger partial charge in [-0.1, -0.05) is 0 Å². The number of aromatic carboxylic acids is 1. The summed E-state index contributed by atoms with van der Waals surface area (Å²) in [5.74, 6) is -0.512. The van der Waals surface area contributed by atoms with Crippen LogP contribution in [0.3, 0.4) is 0 Å². The van der Waals surface area contributed by atoms with Gasteiger partial charge in [0.1, 0.15) is 11.4 Å². The normalized spacial score (nSPS) is 9.44. The summed E-state index contributed by atoms with van der Waals surface area (Å²) >= 11 is 0. The monoisotopic (exact) mass is 220 g/mol. The molecular formula is C11H12N2O3. The van der Waals surface area contributed by atoms with Crippen molar-refractivity contribution >= 4 is 5.97 Å². The van der Waals surface area contributed by atoms with Gasteiger partial charge in [0.05, 0.1) is 18.9 Å². The Labute approximate surface area is 93.3 Å².